The second-order valence-corrected chi connectivity index (χ2v) is 5.91. The molecule has 6 heteroatoms. The van der Waals surface area contributed by atoms with Crippen molar-refractivity contribution in [2.24, 2.45) is 11.7 Å². The van der Waals surface area contributed by atoms with E-state index in [0.717, 1.165) is 29.7 Å². The van der Waals surface area contributed by atoms with E-state index >= 15 is 0 Å². The van der Waals surface area contributed by atoms with Crippen LogP contribution in [0.3, 0.4) is 0 Å². The Morgan fingerprint density at radius 2 is 2.32 bits per heavy atom. The first kappa shape index (κ1) is 13.6. The van der Waals surface area contributed by atoms with E-state index in [4.69, 9.17) is 11.0 Å². The molecule has 1 aromatic heterocycles. The van der Waals surface area contributed by atoms with Crippen molar-refractivity contribution in [1.29, 1.82) is 5.26 Å². The van der Waals surface area contributed by atoms with Gasteiger partial charge in [0.15, 0.2) is 0 Å². The van der Waals surface area contributed by atoms with Crippen molar-refractivity contribution in [3.05, 3.63) is 16.0 Å². The number of thiophene rings is 1. The molecule has 1 aliphatic carbocycles. The zero-order chi connectivity index (χ0) is 14.0. The number of nitrogens with one attached hydrogen (secondary N) is 1. The molecule has 3 N–H and O–H groups in total. The van der Waals surface area contributed by atoms with Gasteiger partial charge in [0.2, 0.25) is 5.91 Å². The third-order valence-electron chi connectivity index (χ3n) is 3.25. The van der Waals surface area contributed by atoms with Crippen LogP contribution in [0.15, 0.2) is 0 Å². The van der Waals surface area contributed by atoms with Gasteiger partial charge in [-0.1, -0.05) is 6.92 Å². The number of anilines is 1. The lowest BCUT2D eigenvalue weighted by Crippen LogP contribution is -2.19. The van der Waals surface area contributed by atoms with Crippen LogP contribution in [-0.2, 0) is 17.6 Å². The smallest absolute Gasteiger partial charge is 0.251 e. The molecule has 2 amide bonds. The van der Waals surface area contributed by atoms with Crippen molar-refractivity contribution >= 4 is 28.2 Å². The largest absolute Gasteiger partial charge is 0.365 e. The average Bonchev–Trinajstić information content (AvgIpc) is 2.65. The van der Waals surface area contributed by atoms with Crippen LogP contribution in [0, 0.1) is 17.2 Å². The van der Waals surface area contributed by atoms with Crippen molar-refractivity contribution in [3.8, 4) is 6.07 Å². The van der Waals surface area contributed by atoms with Crippen molar-refractivity contribution in [1.82, 2.24) is 0 Å². The van der Waals surface area contributed by atoms with Gasteiger partial charge >= 0.3 is 0 Å². The summed E-state index contributed by atoms with van der Waals surface area (Å²) < 4.78 is 0. The van der Waals surface area contributed by atoms with Gasteiger partial charge < -0.3 is 11.1 Å². The predicted molar refractivity (Wildman–Crippen MR) is 72.9 cm³/mol. The van der Waals surface area contributed by atoms with E-state index in [0.29, 0.717) is 16.5 Å². The number of hydrogen-bond donors (Lipinski definition) is 2. The number of amides is 2. The third-order valence-corrected chi connectivity index (χ3v) is 4.42. The molecule has 1 aliphatic rings. The van der Waals surface area contributed by atoms with Crippen molar-refractivity contribution in [2.75, 3.05) is 5.32 Å². The molecule has 1 atom stereocenters. The van der Waals surface area contributed by atoms with Crippen LogP contribution in [0.2, 0.25) is 0 Å². The molecule has 5 nitrogen and oxygen atoms in total. The summed E-state index contributed by atoms with van der Waals surface area (Å²) in [5, 5.41) is 11.6. The number of nitrogens with zero attached hydrogens (tertiary/aromatic N) is 1. The number of hydrogen-bond acceptors (Lipinski definition) is 4. The molecule has 0 saturated heterocycles. The summed E-state index contributed by atoms with van der Waals surface area (Å²) in [5.41, 5.74) is 6.82. The Hall–Kier alpha value is -1.87. The van der Waals surface area contributed by atoms with Crippen LogP contribution in [0.25, 0.3) is 0 Å². The van der Waals surface area contributed by atoms with Crippen LogP contribution in [0.1, 0.15) is 40.6 Å². The van der Waals surface area contributed by atoms with E-state index < -0.39 is 11.8 Å². The van der Waals surface area contributed by atoms with E-state index in [1.54, 1.807) is 6.07 Å². The number of nitrogens with two attached hydrogens (primary N) is 1. The third kappa shape index (κ3) is 2.76. The summed E-state index contributed by atoms with van der Waals surface area (Å²) in [7, 11) is 0. The van der Waals surface area contributed by atoms with Crippen molar-refractivity contribution in [3.63, 3.8) is 0 Å². The van der Waals surface area contributed by atoms with Crippen LogP contribution >= 0.6 is 11.3 Å². The summed E-state index contributed by atoms with van der Waals surface area (Å²) in [6.07, 6.45) is 2.53. The molecular weight excluding hydrogens is 262 g/mol. The van der Waals surface area contributed by atoms with E-state index in [2.05, 4.69) is 12.2 Å². The van der Waals surface area contributed by atoms with Crippen molar-refractivity contribution in [2.45, 2.75) is 32.6 Å². The number of carbonyl (C=O) groups excluding carboxylic acids is 2. The molecule has 1 heterocycles. The molecule has 19 heavy (non-hydrogen) atoms. The summed E-state index contributed by atoms with van der Waals surface area (Å²) in [5.74, 6) is -0.342. The van der Waals surface area contributed by atoms with E-state index in [-0.39, 0.29) is 6.42 Å². The first-order chi connectivity index (χ1) is 9.02. The quantitative estimate of drug-likeness (QED) is 0.882. The summed E-state index contributed by atoms with van der Waals surface area (Å²) in [4.78, 5) is 24.2. The minimum absolute atomic E-state index is 0.225. The van der Waals surface area contributed by atoms with Crippen molar-refractivity contribution < 1.29 is 9.59 Å². The summed E-state index contributed by atoms with van der Waals surface area (Å²) in [6, 6.07) is 1.78. The highest BCUT2D eigenvalue weighted by Crippen LogP contribution is 2.39. The number of primary amides is 1. The van der Waals surface area contributed by atoms with Gasteiger partial charge in [-0.2, -0.15) is 5.26 Å². The Balaban J connectivity index is 2.36. The first-order valence-electron chi connectivity index (χ1n) is 6.14. The minimum Gasteiger partial charge on any atom is -0.365 e. The first-order valence-corrected chi connectivity index (χ1v) is 6.95. The highest BCUT2D eigenvalue weighted by molar-refractivity contribution is 7.17. The second kappa shape index (κ2) is 5.41. The fraction of sp³-hybridized carbons (Fsp3) is 0.462. The Morgan fingerprint density at radius 3 is 2.95 bits per heavy atom. The maximum atomic E-state index is 11.6. The topological polar surface area (TPSA) is 96.0 Å². The molecule has 1 aromatic rings. The minimum atomic E-state index is -0.515. The predicted octanol–water partition coefficient (Wildman–Crippen LogP) is 1.82. The number of nitriles is 1. The Bertz CT molecular complexity index is 571. The number of fused-ring (bicyclic) bond motifs is 1. The normalized spacial score (nSPS) is 17.4. The van der Waals surface area contributed by atoms with E-state index in [9.17, 15) is 9.59 Å². The highest BCUT2D eigenvalue weighted by Gasteiger charge is 2.27. The molecule has 0 bridgehead atoms. The van der Waals surface area contributed by atoms with Crippen LogP contribution in [0.5, 0.6) is 0 Å². The van der Waals surface area contributed by atoms with Gasteiger partial charge in [0, 0.05) is 4.88 Å². The summed E-state index contributed by atoms with van der Waals surface area (Å²) in [6.45, 7) is 2.17. The second-order valence-electron chi connectivity index (χ2n) is 4.80. The van der Waals surface area contributed by atoms with Gasteiger partial charge in [0.25, 0.3) is 5.91 Å². The molecule has 0 spiro atoms. The fourth-order valence-electron chi connectivity index (χ4n) is 2.34. The van der Waals surface area contributed by atoms with Gasteiger partial charge in [-0.05, 0) is 30.7 Å². The standard InChI is InChI=1S/C13H15N3O2S/c1-7-2-3-8-9(6-7)19-13(11(8)12(15)18)16-10(17)4-5-14/h7H,2-4,6H2,1H3,(H2,15,18)(H,16,17)/t7-/m1/s1. The van der Waals surface area contributed by atoms with Crippen LogP contribution in [0.4, 0.5) is 5.00 Å². The van der Waals surface area contributed by atoms with Gasteiger partial charge in [0.1, 0.15) is 11.4 Å². The molecule has 0 aromatic carbocycles. The molecular formula is C13H15N3O2S. The van der Waals surface area contributed by atoms with Gasteiger partial charge in [-0.15, -0.1) is 11.3 Å². The van der Waals surface area contributed by atoms with E-state index in [1.807, 2.05) is 0 Å². The lowest BCUT2D eigenvalue weighted by molar-refractivity contribution is -0.115. The van der Waals surface area contributed by atoms with Crippen LogP contribution in [-0.4, -0.2) is 11.8 Å². The molecule has 0 fully saturated rings. The van der Waals surface area contributed by atoms with Crippen LogP contribution < -0.4 is 11.1 Å². The van der Waals surface area contributed by atoms with Gasteiger partial charge in [-0.3, -0.25) is 9.59 Å². The molecule has 0 radical (unpaired) electrons. The monoisotopic (exact) mass is 277 g/mol. The molecule has 2 rings (SSSR count). The maximum absolute atomic E-state index is 11.6. The fourth-order valence-corrected chi connectivity index (χ4v) is 3.77. The lowest BCUT2D eigenvalue weighted by Gasteiger charge is -2.18. The Labute approximate surface area is 115 Å². The Morgan fingerprint density at radius 1 is 1.58 bits per heavy atom. The zero-order valence-corrected chi connectivity index (χ0v) is 11.5. The van der Waals surface area contributed by atoms with E-state index in [1.165, 1.54) is 11.3 Å². The molecule has 0 aliphatic heterocycles. The summed E-state index contributed by atoms with van der Waals surface area (Å²) >= 11 is 1.41. The number of carbonyl (C=O) groups is 2. The molecule has 0 saturated carbocycles. The molecule has 100 valence electrons. The zero-order valence-electron chi connectivity index (χ0n) is 10.7. The lowest BCUT2D eigenvalue weighted by atomic mass is 9.88. The maximum Gasteiger partial charge on any atom is 0.251 e. The van der Waals surface area contributed by atoms with Gasteiger partial charge in [0.05, 0.1) is 11.6 Å². The average molecular weight is 277 g/mol. The highest BCUT2D eigenvalue weighted by atomic mass is 32.1. The Kier molecular flexibility index (Phi) is 3.86. The van der Waals surface area contributed by atoms with Gasteiger partial charge in [-0.25, -0.2) is 0 Å². The molecule has 0 unspecified atom stereocenters. The SMILES string of the molecule is C[C@@H]1CCc2c(sc(NC(=O)CC#N)c2C(N)=O)C1. The number of rotatable bonds is 3.